The van der Waals surface area contributed by atoms with Crippen molar-refractivity contribution in [3.05, 3.63) is 30.3 Å². The van der Waals surface area contributed by atoms with E-state index in [9.17, 15) is 0 Å². The van der Waals surface area contributed by atoms with Gasteiger partial charge in [-0.25, -0.2) is 0 Å². The molecule has 2 aromatic carbocycles. The van der Waals surface area contributed by atoms with Crippen LogP contribution in [0.15, 0.2) is 30.3 Å². The van der Waals surface area contributed by atoms with Crippen molar-refractivity contribution in [3.63, 3.8) is 0 Å². The maximum atomic E-state index is 6.14. The van der Waals surface area contributed by atoms with E-state index in [0.29, 0.717) is 22.4 Å². The number of fused-ring (bicyclic) bond motifs is 1. The molecular formula is C22H26N2O6S. The standard InChI is InChI=1S/C22H26N2O6S/c1-25-19-10-14(11-20(26-2)21(19)27-3)23-22(31)24-8-6-15(7-9-24)30-16-4-5-17-18(12-16)29-13-28-17/h4-5,10-12,15H,6-9,13H2,1-3H3,(H,23,31). The Morgan fingerprint density at radius 2 is 1.65 bits per heavy atom. The molecule has 2 heterocycles. The van der Waals surface area contributed by atoms with Crippen LogP contribution in [-0.4, -0.2) is 57.3 Å². The number of anilines is 1. The highest BCUT2D eigenvalue weighted by molar-refractivity contribution is 7.80. The maximum Gasteiger partial charge on any atom is 0.231 e. The lowest BCUT2D eigenvalue weighted by Gasteiger charge is -2.34. The van der Waals surface area contributed by atoms with E-state index >= 15 is 0 Å². The summed E-state index contributed by atoms with van der Waals surface area (Å²) in [5.74, 6) is 3.96. The van der Waals surface area contributed by atoms with Crippen LogP contribution in [0.25, 0.3) is 0 Å². The summed E-state index contributed by atoms with van der Waals surface area (Å²) >= 11 is 5.63. The van der Waals surface area contributed by atoms with Crippen molar-refractivity contribution < 1.29 is 28.4 Å². The number of hydrogen-bond acceptors (Lipinski definition) is 7. The fourth-order valence-electron chi connectivity index (χ4n) is 3.68. The number of ether oxygens (including phenoxy) is 6. The molecular weight excluding hydrogens is 420 g/mol. The summed E-state index contributed by atoms with van der Waals surface area (Å²) in [5.41, 5.74) is 0.776. The molecule has 31 heavy (non-hydrogen) atoms. The number of hydrogen-bond donors (Lipinski definition) is 1. The fraction of sp³-hybridized carbons (Fsp3) is 0.409. The summed E-state index contributed by atoms with van der Waals surface area (Å²) in [4.78, 5) is 2.14. The first-order chi connectivity index (χ1) is 15.1. The van der Waals surface area contributed by atoms with Gasteiger partial charge in [-0.05, 0) is 24.4 Å². The molecule has 0 radical (unpaired) electrons. The third kappa shape index (κ3) is 4.66. The number of rotatable bonds is 6. The molecule has 0 aliphatic carbocycles. The van der Waals surface area contributed by atoms with Crippen LogP contribution >= 0.6 is 12.2 Å². The molecule has 2 aliphatic rings. The smallest absolute Gasteiger partial charge is 0.231 e. The van der Waals surface area contributed by atoms with E-state index in [1.54, 1.807) is 21.3 Å². The summed E-state index contributed by atoms with van der Waals surface area (Å²) in [5, 5.41) is 3.92. The van der Waals surface area contributed by atoms with Crippen molar-refractivity contribution in [1.29, 1.82) is 0 Å². The summed E-state index contributed by atoms with van der Waals surface area (Å²) in [7, 11) is 4.75. The van der Waals surface area contributed by atoms with Gasteiger partial charge >= 0.3 is 0 Å². The molecule has 1 saturated heterocycles. The highest BCUT2D eigenvalue weighted by Crippen LogP contribution is 2.40. The second-order valence-corrected chi connectivity index (χ2v) is 7.55. The van der Waals surface area contributed by atoms with E-state index in [2.05, 4.69) is 10.2 Å². The van der Waals surface area contributed by atoms with Crippen molar-refractivity contribution in [2.75, 3.05) is 46.5 Å². The third-order valence-electron chi connectivity index (χ3n) is 5.29. The quantitative estimate of drug-likeness (QED) is 0.669. The van der Waals surface area contributed by atoms with Crippen molar-refractivity contribution in [2.45, 2.75) is 18.9 Å². The van der Waals surface area contributed by atoms with Gasteiger partial charge in [-0.15, -0.1) is 0 Å². The van der Waals surface area contributed by atoms with Crippen molar-refractivity contribution in [2.24, 2.45) is 0 Å². The number of benzene rings is 2. The van der Waals surface area contributed by atoms with E-state index in [0.717, 1.165) is 48.9 Å². The topological polar surface area (TPSA) is 70.7 Å². The predicted octanol–water partition coefficient (Wildman–Crippen LogP) is 3.68. The minimum absolute atomic E-state index is 0.126. The minimum atomic E-state index is 0.126. The molecule has 1 fully saturated rings. The van der Waals surface area contributed by atoms with E-state index < -0.39 is 0 Å². The Morgan fingerprint density at radius 3 is 2.29 bits per heavy atom. The van der Waals surface area contributed by atoms with Crippen LogP contribution < -0.4 is 33.7 Å². The van der Waals surface area contributed by atoms with Crippen molar-refractivity contribution in [3.8, 4) is 34.5 Å². The second-order valence-electron chi connectivity index (χ2n) is 7.16. The number of likely N-dealkylation sites (tertiary alicyclic amines) is 1. The Hall–Kier alpha value is -3.07. The average molecular weight is 447 g/mol. The van der Waals surface area contributed by atoms with Crippen molar-refractivity contribution >= 4 is 23.0 Å². The van der Waals surface area contributed by atoms with Gasteiger partial charge in [0.1, 0.15) is 11.9 Å². The molecule has 166 valence electrons. The first-order valence-electron chi connectivity index (χ1n) is 10.0. The third-order valence-corrected chi connectivity index (χ3v) is 5.65. The lowest BCUT2D eigenvalue weighted by Crippen LogP contribution is -2.43. The summed E-state index contributed by atoms with van der Waals surface area (Å²) < 4.78 is 33.1. The first-order valence-corrected chi connectivity index (χ1v) is 10.4. The lowest BCUT2D eigenvalue weighted by atomic mass is 10.1. The number of nitrogens with zero attached hydrogens (tertiary/aromatic N) is 1. The van der Waals surface area contributed by atoms with E-state index in [4.69, 9.17) is 40.6 Å². The monoisotopic (exact) mass is 446 g/mol. The molecule has 8 nitrogen and oxygen atoms in total. The molecule has 0 atom stereocenters. The molecule has 0 aromatic heterocycles. The Labute approximate surface area is 186 Å². The second kappa shape index (κ2) is 9.38. The Kier molecular flexibility index (Phi) is 6.41. The minimum Gasteiger partial charge on any atom is -0.493 e. The molecule has 0 spiro atoms. The largest absolute Gasteiger partial charge is 0.493 e. The number of thiocarbonyl (C=S) groups is 1. The van der Waals surface area contributed by atoms with Crippen LogP contribution in [0.3, 0.4) is 0 Å². The van der Waals surface area contributed by atoms with Crippen LogP contribution in [0.1, 0.15) is 12.8 Å². The molecule has 0 unspecified atom stereocenters. The molecule has 0 saturated carbocycles. The normalized spacial score (nSPS) is 15.4. The number of methoxy groups -OCH3 is 3. The van der Waals surface area contributed by atoms with Crippen LogP contribution in [0, 0.1) is 0 Å². The van der Waals surface area contributed by atoms with Gasteiger partial charge in [0.25, 0.3) is 0 Å². The number of piperidine rings is 1. The van der Waals surface area contributed by atoms with Crippen molar-refractivity contribution in [1.82, 2.24) is 4.90 Å². The van der Waals surface area contributed by atoms with Gasteiger partial charge in [0.2, 0.25) is 12.5 Å². The summed E-state index contributed by atoms with van der Waals surface area (Å²) in [6.07, 6.45) is 1.86. The molecule has 4 rings (SSSR count). The molecule has 0 amide bonds. The first kappa shape index (κ1) is 21.2. The van der Waals surface area contributed by atoms with Crippen LogP contribution in [0.5, 0.6) is 34.5 Å². The fourth-order valence-corrected chi connectivity index (χ4v) is 3.98. The SMILES string of the molecule is COc1cc(NC(=S)N2CCC(Oc3ccc4c(c3)OCO4)CC2)cc(OC)c1OC. The van der Waals surface area contributed by atoms with Crippen LogP contribution in [0.4, 0.5) is 5.69 Å². The zero-order chi connectivity index (χ0) is 21.8. The molecule has 0 bridgehead atoms. The highest BCUT2D eigenvalue weighted by atomic mass is 32.1. The van der Waals surface area contributed by atoms with Gasteiger partial charge in [0, 0.05) is 49.8 Å². The van der Waals surface area contributed by atoms with Gasteiger partial charge in [-0.3, -0.25) is 0 Å². The maximum absolute atomic E-state index is 6.14. The summed E-state index contributed by atoms with van der Waals surface area (Å²) in [6.45, 7) is 1.85. The van der Waals surface area contributed by atoms with E-state index in [-0.39, 0.29) is 12.9 Å². The highest BCUT2D eigenvalue weighted by Gasteiger charge is 2.24. The summed E-state index contributed by atoms with van der Waals surface area (Å²) in [6, 6.07) is 9.34. The van der Waals surface area contributed by atoms with Crippen LogP contribution in [-0.2, 0) is 0 Å². The molecule has 9 heteroatoms. The van der Waals surface area contributed by atoms with E-state index in [1.807, 2.05) is 30.3 Å². The molecule has 2 aliphatic heterocycles. The molecule has 2 aromatic rings. The van der Waals surface area contributed by atoms with Gasteiger partial charge < -0.3 is 38.6 Å². The Balaban J connectivity index is 1.33. The van der Waals surface area contributed by atoms with E-state index in [1.165, 1.54) is 0 Å². The lowest BCUT2D eigenvalue weighted by molar-refractivity contribution is 0.131. The zero-order valence-electron chi connectivity index (χ0n) is 17.8. The Morgan fingerprint density at radius 1 is 0.968 bits per heavy atom. The number of nitrogens with one attached hydrogen (secondary N) is 1. The van der Waals surface area contributed by atoms with Gasteiger partial charge in [-0.2, -0.15) is 0 Å². The predicted molar refractivity (Wildman–Crippen MR) is 120 cm³/mol. The average Bonchev–Trinajstić information content (AvgIpc) is 3.26. The van der Waals surface area contributed by atoms with Gasteiger partial charge in [-0.1, -0.05) is 0 Å². The van der Waals surface area contributed by atoms with Gasteiger partial charge in [0.05, 0.1) is 21.3 Å². The van der Waals surface area contributed by atoms with Crippen LogP contribution in [0.2, 0.25) is 0 Å². The van der Waals surface area contributed by atoms with Gasteiger partial charge in [0.15, 0.2) is 28.1 Å². The Bertz CT molecular complexity index is 921. The molecule has 1 N–H and O–H groups in total. The zero-order valence-corrected chi connectivity index (χ0v) is 18.6.